The Morgan fingerprint density at radius 3 is 2.83 bits per heavy atom. The molecular weight excluding hydrogens is 360 g/mol. The third kappa shape index (κ3) is 3.07. The largest absolute Gasteiger partial charge is 0.482 e. The van der Waals surface area contributed by atoms with Crippen LogP contribution in [-0.2, 0) is 4.79 Å². The van der Waals surface area contributed by atoms with Crippen molar-refractivity contribution in [1.29, 1.82) is 0 Å². The van der Waals surface area contributed by atoms with Gasteiger partial charge in [0.05, 0.1) is 11.3 Å². The summed E-state index contributed by atoms with van der Waals surface area (Å²) in [6.07, 6.45) is 0. The highest BCUT2D eigenvalue weighted by Gasteiger charge is 2.24. The fourth-order valence-electron chi connectivity index (χ4n) is 2.47. The quantitative estimate of drug-likeness (QED) is 0.894. The number of halogens is 1. The molecule has 1 aliphatic heterocycles. The number of ether oxygens (including phenoxy) is 1. The molecule has 2 amide bonds. The number of nitrogens with zero attached hydrogens (tertiary/aromatic N) is 1. The molecule has 0 atom stereocenters. The molecule has 6 heteroatoms. The van der Waals surface area contributed by atoms with E-state index in [9.17, 15) is 9.59 Å². The molecule has 1 N–H and O–H groups in total. The van der Waals surface area contributed by atoms with Crippen molar-refractivity contribution in [3.63, 3.8) is 0 Å². The van der Waals surface area contributed by atoms with Gasteiger partial charge in [0.1, 0.15) is 5.75 Å². The van der Waals surface area contributed by atoms with E-state index in [1.165, 1.54) is 0 Å². The van der Waals surface area contributed by atoms with Gasteiger partial charge in [-0.15, -0.1) is 0 Å². The first-order valence-electron chi connectivity index (χ1n) is 7.23. The van der Waals surface area contributed by atoms with Crippen molar-refractivity contribution >= 4 is 39.1 Å². The summed E-state index contributed by atoms with van der Waals surface area (Å²) in [5.74, 6) is 0.336. The van der Waals surface area contributed by atoms with Crippen LogP contribution in [0.5, 0.6) is 5.75 Å². The fraction of sp³-hybridized carbons (Fsp3) is 0.176. The standard InChI is InChI=1S/C17H15BrN2O3/c1-2-20-14-9-11(7-8-15(14)23-10-16(20)21)19-17(22)12-5-3-4-6-13(12)18/h3-9H,2,10H2,1H3,(H,19,22). The Bertz CT molecular complexity index is 776. The first-order valence-corrected chi connectivity index (χ1v) is 8.02. The zero-order chi connectivity index (χ0) is 16.4. The van der Waals surface area contributed by atoms with E-state index in [4.69, 9.17) is 4.74 Å². The van der Waals surface area contributed by atoms with E-state index in [1.54, 1.807) is 35.2 Å². The van der Waals surface area contributed by atoms with Gasteiger partial charge < -0.3 is 15.0 Å². The van der Waals surface area contributed by atoms with Crippen LogP contribution in [0.4, 0.5) is 11.4 Å². The van der Waals surface area contributed by atoms with E-state index in [0.29, 0.717) is 29.2 Å². The lowest BCUT2D eigenvalue weighted by Crippen LogP contribution is -2.38. The number of amides is 2. The van der Waals surface area contributed by atoms with Crippen LogP contribution in [0.15, 0.2) is 46.9 Å². The molecule has 0 radical (unpaired) electrons. The Morgan fingerprint density at radius 1 is 1.30 bits per heavy atom. The molecule has 23 heavy (non-hydrogen) atoms. The number of benzene rings is 2. The van der Waals surface area contributed by atoms with Gasteiger partial charge in [0.25, 0.3) is 11.8 Å². The van der Waals surface area contributed by atoms with Gasteiger partial charge >= 0.3 is 0 Å². The molecule has 0 aliphatic carbocycles. The van der Waals surface area contributed by atoms with Crippen molar-refractivity contribution < 1.29 is 14.3 Å². The van der Waals surface area contributed by atoms with Gasteiger partial charge in [-0.25, -0.2) is 0 Å². The number of hydrogen-bond acceptors (Lipinski definition) is 3. The molecule has 5 nitrogen and oxygen atoms in total. The van der Waals surface area contributed by atoms with Crippen LogP contribution in [0.3, 0.4) is 0 Å². The molecule has 3 rings (SSSR count). The average Bonchev–Trinajstić information content (AvgIpc) is 2.55. The summed E-state index contributed by atoms with van der Waals surface area (Å²) in [5, 5.41) is 2.85. The van der Waals surface area contributed by atoms with Gasteiger partial charge in [-0.1, -0.05) is 12.1 Å². The molecule has 0 saturated carbocycles. The van der Waals surface area contributed by atoms with Crippen LogP contribution in [0.2, 0.25) is 0 Å². The normalized spacial score (nSPS) is 13.3. The van der Waals surface area contributed by atoms with Crippen molar-refractivity contribution in [2.45, 2.75) is 6.92 Å². The molecule has 0 unspecified atom stereocenters. The second-order valence-electron chi connectivity index (χ2n) is 5.04. The van der Waals surface area contributed by atoms with Crippen molar-refractivity contribution in [2.24, 2.45) is 0 Å². The van der Waals surface area contributed by atoms with E-state index in [2.05, 4.69) is 21.2 Å². The molecule has 1 heterocycles. The molecule has 118 valence electrons. The Kier molecular flexibility index (Phi) is 4.34. The Balaban J connectivity index is 1.88. The summed E-state index contributed by atoms with van der Waals surface area (Å²) < 4.78 is 6.15. The Morgan fingerprint density at radius 2 is 2.09 bits per heavy atom. The molecule has 0 saturated heterocycles. The molecule has 2 aromatic rings. The Hall–Kier alpha value is -2.34. The van der Waals surface area contributed by atoms with Gasteiger partial charge in [0.15, 0.2) is 6.61 Å². The van der Waals surface area contributed by atoms with Crippen LogP contribution < -0.4 is 15.0 Å². The molecule has 0 aromatic heterocycles. The van der Waals surface area contributed by atoms with E-state index in [0.717, 1.165) is 4.47 Å². The van der Waals surface area contributed by atoms with E-state index in [1.807, 2.05) is 19.1 Å². The molecule has 0 spiro atoms. The van der Waals surface area contributed by atoms with Gasteiger partial charge in [-0.2, -0.15) is 0 Å². The third-order valence-corrected chi connectivity index (χ3v) is 4.29. The molecule has 1 aliphatic rings. The second-order valence-corrected chi connectivity index (χ2v) is 5.90. The van der Waals surface area contributed by atoms with Crippen LogP contribution >= 0.6 is 15.9 Å². The lowest BCUT2D eigenvalue weighted by molar-refractivity contribution is -0.121. The fourth-order valence-corrected chi connectivity index (χ4v) is 2.94. The lowest BCUT2D eigenvalue weighted by atomic mass is 10.2. The van der Waals surface area contributed by atoms with Crippen LogP contribution in [0.25, 0.3) is 0 Å². The smallest absolute Gasteiger partial charge is 0.265 e. The minimum absolute atomic E-state index is 0.0451. The number of carbonyl (C=O) groups excluding carboxylic acids is 2. The number of anilines is 2. The summed E-state index contributed by atoms with van der Waals surface area (Å²) in [5.41, 5.74) is 1.83. The average molecular weight is 375 g/mol. The summed E-state index contributed by atoms with van der Waals surface area (Å²) >= 11 is 3.37. The monoisotopic (exact) mass is 374 g/mol. The number of fused-ring (bicyclic) bond motifs is 1. The molecule has 2 aromatic carbocycles. The first kappa shape index (κ1) is 15.6. The number of likely N-dealkylation sites (N-methyl/N-ethyl adjacent to an activating group) is 1. The first-order chi connectivity index (χ1) is 11.1. The SMILES string of the molecule is CCN1C(=O)COc2ccc(NC(=O)c3ccccc3Br)cc21. The van der Waals surface area contributed by atoms with Crippen molar-refractivity contribution in [2.75, 3.05) is 23.4 Å². The summed E-state index contributed by atoms with van der Waals surface area (Å²) in [7, 11) is 0. The highest BCUT2D eigenvalue weighted by molar-refractivity contribution is 9.10. The number of carbonyl (C=O) groups is 2. The second kappa shape index (κ2) is 6.42. The minimum Gasteiger partial charge on any atom is -0.482 e. The van der Waals surface area contributed by atoms with E-state index >= 15 is 0 Å². The predicted octanol–water partition coefficient (Wildman–Crippen LogP) is 3.45. The van der Waals surface area contributed by atoms with Gasteiger partial charge in [-0.3, -0.25) is 9.59 Å². The highest BCUT2D eigenvalue weighted by atomic mass is 79.9. The van der Waals surface area contributed by atoms with Gasteiger partial charge in [0, 0.05) is 16.7 Å². The van der Waals surface area contributed by atoms with Crippen molar-refractivity contribution in [3.8, 4) is 5.75 Å². The zero-order valence-corrected chi connectivity index (χ0v) is 14.1. The minimum atomic E-state index is -0.219. The maximum Gasteiger partial charge on any atom is 0.265 e. The Labute approximate surface area is 142 Å². The maximum atomic E-state index is 12.4. The molecule has 0 fully saturated rings. The van der Waals surface area contributed by atoms with Gasteiger partial charge in [0.2, 0.25) is 0 Å². The lowest BCUT2D eigenvalue weighted by Gasteiger charge is -2.28. The zero-order valence-electron chi connectivity index (χ0n) is 12.5. The van der Waals surface area contributed by atoms with Crippen LogP contribution in [-0.4, -0.2) is 25.0 Å². The number of nitrogens with one attached hydrogen (secondary N) is 1. The van der Waals surface area contributed by atoms with Gasteiger partial charge in [-0.05, 0) is 53.2 Å². The maximum absolute atomic E-state index is 12.4. The van der Waals surface area contributed by atoms with Crippen LogP contribution in [0.1, 0.15) is 17.3 Å². The summed E-state index contributed by atoms with van der Waals surface area (Å²) in [4.78, 5) is 25.9. The predicted molar refractivity (Wildman–Crippen MR) is 92.1 cm³/mol. The summed E-state index contributed by atoms with van der Waals surface area (Å²) in [6, 6.07) is 12.5. The summed E-state index contributed by atoms with van der Waals surface area (Å²) in [6.45, 7) is 2.50. The van der Waals surface area contributed by atoms with Crippen LogP contribution in [0, 0.1) is 0 Å². The topological polar surface area (TPSA) is 58.6 Å². The number of rotatable bonds is 3. The highest BCUT2D eigenvalue weighted by Crippen LogP contribution is 2.34. The van der Waals surface area contributed by atoms with Crippen molar-refractivity contribution in [3.05, 3.63) is 52.5 Å². The molecular formula is C17H15BrN2O3. The third-order valence-electron chi connectivity index (χ3n) is 3.59. The molecule has 0 bridgehead atoms. The van der Waals surface area contributed by atoms with E-state index in [-0.39, 0.29) is 18.4 Å². The van der Waals surface area contributed by atoms with E-state index < -0.39 is 0 Å². The van der Waals surface area contributed by atoms with Crippen molar-refractivity contribution in [1.82, 2.24) is 0 Å². The number of hydrogen-bond donors (Lipinski definition) is 1.